The van der Waals surface area contributed by atoms with Gasteiger partial charge in [-0.2, -0.15) is 8.78 Å². The predicted molar refractivity (Wildman–Crippen MR) is 97.5 cm³/mol. The second-order valence-corrected chi connectivity index (χ2v) is 6.61. The van der Waals surface area contributed by atoms with Gasteiger partial charge in [0.25, 0.3) is 0 Å². The number of carbonyl (C=O) groups is 1. The second kappa shape index (κ2) is 9.01. The number of aromatic nitrogens is 1. The van der Waals surface area contributed by atoms with Crippen LogP contribution in [0.15, 0.2) is 28.8 Å². The molecule has 1 N–H and O–H groups in total. The summed E-state index contributed by atoms with van der Waals surface area (Å²) in [5, 5.41) is 6.42. The third kappa shape index (κ3) is 5.66. The van der Waals surface area contributed by atoms with E-state index in [2.05, 4.69) is 15.2 Å². The lowest BCUT2D eigenvalue weighted by molar-refractivity contribution is -0.117. The molecule has 9 heteroatoms. The van der Waals surface area contributed by atoms with Crippen LogP contribution in [0.3, 0.4) is 0 Å². The number of rotatable bonds is 10. The Morgan fingerprint density at radius 3 is 2.75 bits per heavy atom. The van der Waals surface area contributed by atoms with Crippen molar-refractivity contribution in [3.05, 3.63) is 35.5 Å². The summed E-state index contributed by atoms with van der Waals surface area (Å²) in [6, 6.07) is 6.81. The second-order valence-electron chi connectivity index (χ2n) is 6.61. The lowest BCUT2D eigenvalue weighted by Gasteiger charge is -2.22. The van der Waals surface area contributed by atoms with Gasteiger partial charge in [-0.05, 0) is 44.4 Å². The molecule has 152 valence electrons. The van der Waals surface area contributed by atoms with E-state index in [1.165, 1.54) is 6.07 Å². The van der Waals surface area contributed by atoms with E-state index in [0.29, 0.717) is 30.8 Å². The van der Waals surface area contributed by atoms with E-state index in [1.54, 1.807) is 32.0 Å². The van der Waals surface area contributed by atoms with Crippen molar-refractivity contribution in [1.82, 2.24) is 10.1 Å². The standard InChI is InChI=1S/C19H23F2N3O4/c1-3-26-16-9-13(4-7-15(16)27-19(20)21)10-24(14-5-6-14)11-17(25)22-18-8-12(2)23-28-18/h4,7-9,14,19H,3,5-6,10-11H2,1-2H3,(H,22,25). The zero-order chi connectivity index (χ0) is 20.1. The van der Waals surface area contributed by atoms with Crippen LogP contribution in [-0.2, 0) is 11.3 Å². The number of amides is 1. The minimum absolute atomic E-state index is 0.00277. The molecule has 0 aliphatic heterocycles. The molecule has 0 unspecified atom stereocenters. The number of halogens is 2. The number of aryl methyl sites for hydroxylation is 1. The Morgan fingerprint density at radius 1 is 1.36 bits per heavy atom. The molecule has 1 heterocycles. The molecule has 1 aromatic carbocycles. The Bertz CT molecular complexity index is 808. The number of nitrogens with one attached hydrogen (secondary N) is 1. The Hall–Kier alpha value is -2.68. The van der Waals surface area contributed by atoms with Crippen molar-refractivity contribution < 1.29 is 27.6 Å². The van der Waals surface area contributed by atoms with Gasteiger partial charge < -0.3 is 14.0 Å². The SMILES string of the molecule is CCOc1cc(CN(CC(=O)Nc2cc(C)no2)C2CC2)ccc1OC(F)F. The number of carbonyl (C=O) groups excluding carboxylic acids is 1. The van der Waals surface area contributed by atoms with Gasteiger partial charge in [0.05, 0.1) is 18.8 Å². The highest BCUT2D eigenvalue weighted by atomic mass is 19.3. The number of anilines is 1. The molecule has 0 spiro atoms. The summed E-state index contributed by atoms with van der Waals surface area (Å²) < 4.78 is 40.0. The summed E-state index contributed by atoms with van der Waals surface area (Å²) in [7, 11) is 0. The number of hydrogen-bond acceptors (Lipinski definition) is 6. The molecular formula is C19H23F2N3O4. The summed E-state index contributed by atoms with van der Waals surface area (Å²) in [5.74, 6) is 0.366. The summed E-state index contributed by atoms with van der Waals surface area (Å²) in [6.45, 7) is 1.62. The van der Waals surface area contributed by atoms with E-state index in [4.69, 9.17) is 9.26 Å². The van der Waals surface area contributed by atoms with Crippen molar-refractivity contribution in [2.24, 2.45) is 0 Å². The van der Waals surface area contributed by atoms with E-state index in [9.17, 15) is 13.6 Å². The molecule has 1 aromatic heterocycles. The van der Waals surface area contributed by atoms with Crippen LogP contribution in [0, 0.1) is 6.92 Å². The first-order chi connectivity index (χ1) is 13.4. The first kappa shape index (κ1) is 20.1. The summed E-state index contributed by atoms with van der Waals surface area (Å²) in [4.78, 5) is 14.4. The number of alkyl halides is 2. The number of hydrogen-bond donors (Lipinski definition) is 1. The highest BCUT2D eigenvalue weighted by molar-refractivity contribution is 5.91. The first-order valence-corrected chi connectivity index (χ1v) is 9.12. The molecule has 1 amide bonds. The monoisotopic (exact) mass is 395 g/mol. The fourth-order valence-corrected chi connectivity index (χ4v) is 2.88. The van der Waals surface area contributed by atoms with E-state index in [1.807, 2.05) is 4.90 Å². The molecule has 0 radical (unpaired) electrons. The summed E-state index contributed by atoms with van der Waals surface area (Å²) >= 11 is 0. The van der Waals surface area contributed by atoms with E-state index < -0.39 is 6.61 Å². The van der Waals surface area contributed by atoms with Gasteiger partial charge >= 0.3 is 6.61 Å². The van der Waals surface area contributed by atoms with Gasteiger partial charge in [0.1, 0.15) is 0 Å². The quantitative estimate of drug-likeness (QED) is 0.663. The van der Waals surface area contributed by atoms with Crippen molar-refractivity contribution in [3.63, 3.8) is 0 Å². The zero-order valence-electron chi connectivity index (χ0n) is 15.8. The smallest absolute Gasteiger partial charge is 0.387 e. The fraction of sp³-hybridized carbons (Fsp3) is 0.474. The highest BCUT2D eigenvalue weighted by Gasteiger charge is 2.30. The van der Waals surface area contributed by atoms with Gasteiger partial charge in [0.15, 0.2) is 11.5 Å². The fourth-order valence-electron chi connectivity index (χ4n) is 2.88. The predicted octanol–water partition coefficient (Wildman–Crippen LogP) is 3.59. The Morgan fingerprint density at radius 2 is 2.14 bits per heavy atom. The molecular weight excluding hydrogens is 372 g/mol. The normalized spacial score (nSPS) is 13.8. The van der Waals surface area contributed by atoms with Crippen LogP contribution < -0.4 is 14.8 Å². The number of ether oxygens (including phenoxy) is 2. The maximum Gasteiger partial charge on any atom is 0.387 e. The molecule has 1 saturated carbocycles. The molecule has 0 saturated heterocycles. The zero-order valence-corrected chi connectivity index (χ0v) is 15.8. The molecule has 1 fully saturated rings. The molecule has 7 nitrogen and oxygen atoms in total. The van der Waals surface area contributed by atoms with Gasteiger partial charge in [-0.15, -0.1) is 0 Å². The van der Waals surface area contributed by atoms with Gasteiger partial charge in [0, 0.05) is 18.7 Å². The molecule has 1 aliphatic carbocycles. The van der Waals surface area contributed by atoms with Crippen molar-refractivity contribution in [3.8, 4) is 11.5 Å². The van der Waals surface area contributed by atoms with Crippen molar-refractivity contribution in [1.29, 1.82) is 0 Å². The van der Waals surface area contributed by atoms with Gasteiger partial charge in [0.2, 0.25) is 11.8 Å². The minimum Gasteiger partial charge on any atom is -0.490 e. The van der Waals surface area contributed by atoms with Crippen LogP contribution in [0.2, 0.25) is 0 Å². The van der Waals surface area contributed by atoms with Gasteiger partial charge in [-0.1, -0.05) is 11.2 Å². The number of nitrogens with zero attached hydrogens (tertiary/aromatic N) is 2. The van der Waals surface area contributed by atoms with E-state index >= 15 is 0 Å². The van der Waals surface area contributed by atoms with Crippen LogP contribution in [0.1, 0.15) is 31.0 Å². The average Bonchev–Trinajstić information content (AvgIpc) is 3.39. The number of benzene rings is 1. The van der Waals surface area contributed by atoms with Crippen LogP contribution in [-0.4, -0.2) is 41.8 Å². The van der Waals surface area contributed by atoms with Gasteiger partial charge in [-0.25, -0.2) is 0 Å². The Balaban J connectivity index is 1.66. The minimum atomic E-state index is -2.92. The highest BCUT2D eigenvalue weighted by Crippen LogP contribution is 2.32. The van der Waals surface area contributed by atoms with Crippen LogP contribution in [0.25, 0.3) is 0 Å². The van der Waals surface area contributed by atoms with Crippen molar-refractivity contribution in [2.45, 2.75) is 45.9 Å². The lowest BCUT2D eigenvalue weighted by atomic mass is 10.2. The first-order valence-electron chi connectivity index (χ1n) is 9.12. The van der Waals surface area contributed by atoms with E-state index in [0.717, 1.165) is 18.4 Å². The van der Waals surface area contributed by atoms with Crippen LogP contribution >= 0.6 is 0 Å². The van der Waals surface area contributed by atoms with Gasteiger partial charge in [-0.3, -0.25) is 15.0 Å². The molecule has 1 aliphatic rings. The third-order valence-electron chi connectivity index (χ3n) is 4.21. The summed E-state index contributed by atoms with van der Waals surface area (Å²) in [5.41, 5.74) is 1.53. The van der Waals surface area contributed by atoms with Crippen molar-refractivity contribution >= 4 is 11.8 Å². The Labute approximate surface area is 161 Å². The Kier molecular flexibility index (Phi) is 6.45. The molecule has 3 rings (SSSR count). The topological polar surface area (TPSA) is 76.8 Å². The molecule has 2 aromatic rings. The maximum absolute atomic E-state index is 12.5. The third-order valence-corrected chi connectivity index (χ3v) is 4.21. The molecule has 28 heavy (non-hydrogen) atoms. The largest absolute Gasteiger partial charge is 0.490 e. The molecule has 0 atom stereocenters. The molecule has 0 bridgehead atoms. The van der Waals surface area contributed by atoms with Crippen LogP contribution in [0.4, 0.5) is 14.7 Å². The van der Waals surface area contributed by atoms with Crippen LogP contribution in [0.5, 0.6) is 11.5 Å². The van der Waals surface area contributed by atoms with E-state index in [-0.39, 0.29) is 24.0 Å². The maximum atomic E-state index is 12.5. The lowest BCUT2D eigenvalue weighted by Crippen LogP contribution is -2.34. The van der Waals surface area contributed by atoms with Crippen molar-refractivity contribution in [2.75, 3.05) is 18.5 Å². The average molecular weight is 395 g/mol. The summed E-state index contributed by atoms with van der Waals surface area (Å²) in [6.07, 6.45) is 2.03.